The molecule has 9 N–H and O–H groups in total. The molecule has 0 saturated heterocycles. The Morgan fingerprint density at radius 3 is 1.45 bits per heavy atom. The molecule has 0 bridgehead atoms. The molecule has 0 atom stereocenters. The molecule has 0 spiro atoms. The van der Waals surface area contributed by atoms with Crippen molar-refractivity contribution in [1.29, 1.82) is 0 Å². The van der Waals surface area contributed by atoms with Crippen molar-refractivity contribution in [3.8, 4) is 0 Å². The Balaban J connectivity index is 3.56. The molecule has 11 nitrogen and oxygen atoms in total. The highest BCUT2D eigenvalue weighted by molar-refractivity contribution is 5.23. The summed E-state index contributed by atoms with van der Waals surface area (Å²) in [4.78, 5) is 0. The largest absolute Gasteiger partial charge is 0.493 e. The number of allylic oxidation sites excluding steroid dienone is 2. The van der Waals surface area contributed by atoms with Crippen molar-refractivity contribution < 1.29 is 55.4 Å². The van der Waals surface area contributed by atoms with Gasteiger partial charge >= 0.3 is 5.79 Å². The third-order valence-corrected chi connectivity index (χ3v) is 3.46. The second-order valence-electron chi connectivity index (χ2n) is 4.76. The SMILES string of the molecule is C=CC(OC)=C(C)OC1(O)C(O)(O)C(O)(O)C(O)(O)C1(O)O. The first-order valence-electron chi connectivity index (χ1n) is 5.73. The zero-order valence-electron chi connectivity index (χ0n) is 11.6. The summed E-state index contributed by atoms with van der Waals surface area (Å²) in [6.07, 6.45) is 1.02. The molecule has 0 unspecified atom stereocenters. The van der Waals surface area contributed by atoms with Gasteiger partial charge in [-0.25, -0.2) is 0 Å². The van der Waals surface area contributed by atoms with Gasteiger partial charge in [-0.2, -0.15) is 0 Å². The summed E-state index contributed by atoms with van der Waals surface area (Å²) in [6, 6.07) is 0. The molecule has 0 heterocycles. The fraction of sp³-hybridized carbons (Fsp3) is 0.636. The Morgan fingerprint density at radius 2 is 1.18 bits per heavy atom. The Bertz CT molecular complexity index is 476. The highest BCUT2D eigenvalue weighted by Crippen LogP contribution is 2.54. The van der Waals surface area contributed by atoms with Crippen molar-refractivity contribution in [3.05, 3.63) is 24.2 Å². The Labute approximate surface area is 123 Å². The summed E-state index contributed by atoms with van der Waals surface area (Å²) in [6.45, 7) is 4.33. The Hall–Kier alpha value is -1.28. The van der Waals surface area contributed by atoms with E-state index in [4.69, 9.17) is 4.74 Å². The van der Waals surface area contributed by atoms with Gasteiger partial charge in [0.05, 0.1) is 7.11 Å². The molecule has 128 valence electrons. The first kappa shape index (κ1) is 18.8. The summed E-state index contributed by atoms with van der Waals surface area (Å²) < 4.78 is 9.25. The van der Waals surface area contributed by atoms with Gasteiger partial charge in [0.1, 0.15) is 5.76 Å². The van der Waals surface area contributed by atoms with Gasteiger partial charge in [0, 0.05) is 0 Å². The Morgan fingerprint density at radius 1 is 0.818 bits per heavy atom. The van der Waals surface area contributed by atoms with Crippen LogP contribution >= 0.6 is 0 Å². The van der Waals surface area contributed by atoms with Crippen molar-refractivity contribution in [2.24, 2.45) is 0 Å². The lowest BCUT2D eigenvalue weighted by molar-refractivity contribution is -0.455. The van der Waals surface area contributed by atoms with Gasteiger partial charge < -0.3 is 55.4 Å². The molecule has 22 heavy (non-hydrogen) atoms. The average molecular weight is 326 g/mol. The molecule has 11 heteroatoms. The average Bonchev–Trinajstić information content (AvgIpc) is 2.42. The predicted molar refractivity (Wildman–Crippen MR) is 64.6 cm³/mol. The number of methoxy groups -OCH3 is 1. The smallest absolute Gasteiger partial charge is 0.329 e. The normalized spacial score (nSPS) is 27.8. The maximum atomic E-state index is 10.0. The first-order chi connectivity index (χ1) is 9.65. The number of hydrogen-bond donors (Lipinski definition) is 9. The molecule has 0 aromatic carbocycles. The third-order valence-electron chi connectivity index (χ3n) is 3.46. The van der Waals surface area contributed by atoms with Gasteiger partial charge in [-0.15, -0.1) is 0 Å². The lowest BCUT2D eigenvalue weighted by atomic mass is 10.0. The van der Waals surface area contributed by atoms with Crippen LogP contribution in [0.3, 0.4) is 0 Å². The van der Waals surface area contributed by atoms with Crippen LogP contribution in [0.2, 0.25) is 0 Å². The first-order valence-corrected chi connectivity index (χ1v) is 5.73. The van der Waals surface area contributed by atoms with Crippen LogP contribution in [0.4, 0.5) is 0 Å². The molecule has 1 rings (SSSR count). The Kier molecular flexibility index (Phi) is 4.14. The van der Waals surface area contributed by atoms with Crippen molar-refractivity contribution >= 4 is 0 Å². The number of aliphatic hydroxyl groups is 9. The van der Waals surface area contributed by atoms with Crippen molar-refractivity contribution in [2.75, 3.05) is 7.11 Å². The highest BCUT2D eigenvalue weighted by Gasteiger charge is 2.93. The van der Waals surface area contributed by atoms with E-state index in [1.54, 1.807) is 0 Å². The minimum Gasteiger partial charge on any atom is -0.493 e. The maximum Gasteiger partial charge on any atom is 0.329 e. The van der Waals surface area contributed by atoms with Crippen LogP contribution in [-0.2, 0) is 9.47 Å². The fourth-order valence-electron chi connectivity index (χ4n) is 1.99. The monoisotopic (exact) mass is 326 g/mol. The van der Waals surface area contributed by atoms with Gasteiger partial charge in [0.2, 0.25) is 0 Å². The maximum absolute atomic E-state index is 10.0. The quantitative estimate of drug-likeness (QED) is 0.137. The summed E-state index contributed by atoms with van der Waals surface area (Å²) in [5.74, 6) is -22.4. The zero-order valence-corrected chi connectivity index (χ0v) is 11.6. The zero-order chi connectivity index (χ0) is 17.8. The molecular weight excluding hydrogens is 308 g/mol. The van der Waals surface area contributed by atoms with Crippen LogP contribution in [0.5, 0.6) is 0 Å². The molecule has 0 aliphatic heterocycles. The molecule has 1 aliphatic rings. The lowest BCUT2D eigenvalue weighted by Gasteiger charge is -2.39. The van der Waals surface area contributed by atoms with Crippen molar-refractivity contribution in [3.63, 3.8) is 0 Å². The summed E-state index contributed by atoms with van der Waals surface area (Å²) in [7, 11) is 1.13. The van der Waals surface area contributed by atoms with Gasteiger partial charge in [0.25, 0.3) is 23.1 Å². The van der Waals surface area contributed by atoms with E-state index in [-0.39, 0.29) is 5.76 Å². The minimum atomic E-state index is -4.42. The van der Waals surface area contributed by atoms with Crippen LogP contribution in [0, 0.1) is 0 Å². The van der Waals surface area contributed by atoms with Gasteiger partial charge in [-0.05, 0) is 13.0 Å². The van der Waals surface area contributed by atoms with E-state index in [0.717, 1.165) is 20.1 Å². The van der Waals surface area contributed by atoms with Gasteiger partial charge in [-0.1, -0.05) is 6.58 Å². The molecule has 0 aromatic rings. The third kappa shape index (κ3) is 1.83. The molecule has 1 saturated carbocycles. The van der Waals surface area contributed by atoms with Gasteiger partial charge in [-0.3, -0.25) is 0 Å². The minimum absolute atomic E-state index is 0.227. The van der Waals surface area contributed by atoms with Gasteiger partial charge in [0.15, 0.2) is 5.76 Å². The topological polar surface area (TPSA) is 201 Å². The van der Waals surface area contributed by atoms with Crippen LogP contribution in [-0.4, -0.2) is 82.0 Å². The van der Waals surface area contributed by atoms with Crippen molar-refractivity contribution in [2.45, 2.75) is 35.9 Å². The molecule has 1 fully saturated rings. The van der Waals surface area contributed by atoms with Crippen LogP contribution in [0.15, 0.2) is 24.2 Å². The standard InChI is InChI=1S/C11H18O11/c1-4-6(21-3)5(2)22-11(20)9(16,17)7(12,13)8(14,15)10(11,18)19/h4,12-20H,1H2,2-3H3. The lowest BCUT2D eigenvalue weighted by Crippen LogP contribution is -2.68. The van der Waals surface area contributed by atoms with E-state index < -0.39 is 34.7 Å². The summed E-state index contributed by atoms with van der Waals surface area (Å²) in [5, 5.41) is 86.3. The molecular formula is C11H18O11. The number of hydrogen-bond acceptors (Lipinski definition) is 11. The number of ether oxygens (including phenoxy) is 2. The van der Waals surface area contributed by atoms with Crippen LogP contribution in [0.25, 0.3) is 0 Å². The molecule has 0 aromatic heterocycles. The van der Waals surface area contributed by atoms with Crippen LogP contribution in [0.1, 0.15) is 6.92 Å². The van der Waals surface area contributed by atoms with E-state index in [1.165, 1.54) is 0 Å². The summed E-state index contributed by atoms with van der Waals surface area (Å²) >= 11 is 0. The van der Waals surface area contributed by atoms with Crippen molar-refractivity contribution in [1.82, 2.24) is 0 Å². The van der Waals surface area contributed by atoms with E-state index >= 15 is 0 Å². The molecule has 0 radical (unpaired) electrons. The van der Waals surface area contributed by atoms with E-state index in [1.807, 2.05) is 0 Å². The van der Waals surface area contributed by atoms with E-state index in [0.29, 0.717) is 0 Å². The van der Waals surface area contributed by atoms with E-state index in [2.05, 4.69) is 11.3 Å². The van der Waals surface area contributed by atoms with E-state index in [9.17, 15) is 46.0 Å². The molecule has 0 amide bonds. The fourth-order valence-corrected chi connectivity index (χ4v) is 1.99. The van der Waals surface area contributed by atoms with Crippen LogP contribution < -0.4 is 0 Å². The second kappa shape index (κ2) is 4.86. The predicted octanol–water partition coefficient (Wildman–Crippen LogP) is -4.51. The highest BCUT2D eigenvalue weighted by atomic mass is 16.8. The molecule has 1 aliphatic carbocycles. The second-order valence-corrected chi connectivity index (χ2v) is 4.76. The number of rotatable bonds is 4. The summed E-state index contributed by atoms with van der Waals surface area (Å²) in [5.41, 5.74) is 0.